The molecule has 1 fully saturated rings. The van der Waals surface area contributed by atoms with E-state index in [0.717, 1.165) is 0 Å². The van der Waals surface area contributed by atoms with Crippen molar-refractivity contribution in [1.82, 2.24) is 0 Å². The summed E-state index contributed by atoms with van der Waals surface area (Å²) in [4.78, 5) is 0. The molecule has 0 spiro atoms. The van der Waals surface area contributed by atoms with Crippen LogP contribution in [0.25, 0.3) is 0 Å². The van der Waals surface area contributed by atoms with Crippen LogP contribution in [0.2, 0.25) is 0 Å². The van der Waals surface area contributed by atoms with E-state index in [0.29, 0.717) is 5.92 Å². The lowest BCUT2D eigenvalue weighted by molar-refractivity contribution is 0.274. The summed E-state index contributed by atoms with van der Waals surface area (Å²) < 4.78 is 0. The van der Waals surface area contributed by atoms with Crippen LogP contribution in [0.1, 0.15) is 11.5 Å². The van der Waals surface area contributed by atoms with E-state index in [1.807, 2.05) is 18.2 Å². The molecule has 1 aromatic carbocycles. The number of halogens is 1. The highest BCUT2D eigenvalue weighted by Gasteiger charge is 2.49. The average Bonchev–Trinajstić information content (AvgIpc) is 2.78. The molecule has 0 saturated heterocycles. The van der Waals surface area contributed by atoms with E-state index in [2.05, 4.69) is 12.1 Å². The molecule has 0 aliphatic heterocycles. The minimum Gasteiger partial charge on any atom is -0.396 e. The maximum atomic E-state index is 8.92. The third kappa shape index (κ3) is 1.23. The van der Waals surface area contributed by atoms with Crippen molar-refractivity contribution in [3.05, 3.63) is 35.9 Å². The number of hydrogen-bond acceptors (Lipinski definition) is 1. The quantitative estimate of drug-likeness (QED) is 0.694. The van der Waals surface area contributed by atoms with E-state index in [9.17, 15) is 0 Å². The van der Waals surface area contributed by atoms with Crippen LogP contribution in [-0.2, 0) is 0 Å². The molecule has 0 radical (unpaired) electrons. The zero-order valence-corrected chi connectivity index (χ0v) is 7.41. The summed E-state index contributed by atoms with van der Waals surface area (Å²) in [6.45, 7) is 0.202. The molecule has 1 saturated carbocycles. The van der Waals surface area contributed by atoms with Gasteiger partial charge in [-0.1, -0.05) is 30.3 Å². The van der Waals surface area contributed by atoms with E-state index in [4.69, 9.17) is 16.7 Å². The van der Waals surface area contributed by atoms with Gasteiger partial charge in [0, 0.05) is 23.8 Å². The van der Waals surface area contributed by atoms with E-state index in [1.165, 1.54) is 5.56 Å². The Morgan fingerprint density at radius 2 is 1.92 bits per heavy atom. The minimum atomic E-state index is 0.136. The SMILES string of the molecule is OC[C@H]1[C@@H](Cl)[C@H]1c1ccccc1. The molecule has 1 aromatic rings. The monoisotopic (exact) mass is 182 g/mol. The predicted molar refractivity (Wildman–Crippen MR) is 49.4 cm³/mol. The predicted octanol–water partition coefficient (Wildman–Crippen LogP) is 2.00. The fourth-order valence-electron chi connectivity index (χ4n) is 1.65. The highest BCUT2D eigenvalue weighted by Crippen LogP contribution is 2.51. The molecule has 1 N–H and O–H groups in total. The normalized spacial score (nSPS) is 33.3. The van der Waals surface area contributed by atoms with Crippen molar-refractivity contribution in [3.63, 3.8) is 0 Å². The summed E-state index contributed by atoms with van der Waals surface area (Å²) in [5, 5.41) is 9.06. The summed E-state index contributed by atoms with van der Waals surface area (Å²) in [7, 11) is 0. The average molecular weight is 183 g/mol. The number of hydrogen-bond donors (Lipinski definition) is 1. The van der Waals surface area contributed by atoms with E-state index in [-0.39, 0.29) is 17.9 Å². The molecule has 0 bridgehead atoms. The lowest BCUT2D eigenvalue weighted by Gasteiger charge is -1.95. The standard InChI is InChI=1S/C10H11ClO/c11-10-8(6-12)9(10)7-4-2-1-3-5-7/h1-5,8-10,12H,6H2/t8-,9+,10-/m1/s1. The number of alkyl halides is 1. The third-order valence-electron chi connectivity index (χ3n) is 2.47. The third-order valence-corrected chi connectivity index (χ3v) is 3.06. The second kappa shape index (κ2) is 3.08. The highest BCUT2D eigenvalue weighted by atomic mass is 35.5. The van der Waals surface area contributed by atoms with Gasteiger partial charge in [-0.25, -0.2) is 0 Å². The number of rotatable bonds is 2. The molecule has 3 atom stereocenters. The van der Waals surface area contributed by atoms with Crippen molar-refractivity contribution >= 4 is 11.6 Å². The first-order valence-corrected chi connectivity index (χ1v) is 4.58. The van der Waals surface area contributed by atoms with Crippen molar-refractivity contribution in [2.75, 3.05) is 6.61 Å². The fourth-order valence-corrected chi connectivity index (χ4v) is 2.14. The molecule has 12 heavy (non-hydrogen) atoms. The molecule has 2 heteroatoms. The molecule has 0 aromatic heterocycles. The molecule has 64 valence electrons. The Bertz CT molecular complexity index is 260. The number of benzene rings is 1. The topological polar surface area (TPSA) is 20.2 Å². The minimum absolute atomic E-state index is 0.136. The second-order valence-electron chi connectivity index (χ2n) is 3.23. The van der Waals surface area contributed by atoms with Crippen molar-refractivity contribution in [3.8, 4) is 0 Å². The summed E-state index contributed by atoms with van der Waals surface area (Å²) in [6, 6.07) is 10.1. The molecule has 1 nitrogen and oxygen atoms in total. The molecule has 0 amide bonds. The van der Waals surface area contributed by atoms with E-state index < -0.39 is 0 Å². The van der Waals surface area contributed by atoms with Crippen LogP contribution in [0, 0.1) is 5.92 Å². The maximum absolute atomic E-state index is 8.92. The van der Waals surface area contributed by atoms with Crippen LogP contribution >= 0.6 is 11.6 Å². The summed E-state index contributed by atoms with van der Waals surface area (Å²) in [5.74, 6) is 0.645. The smallest absolute Gasteiger partial charge is 0.0480 e. The number of aliphatic hydroxyl groups excluding tert-OH is 1. The highest BCUT2D eigenvalue weighted by molar-refractivity contribution is 6.23. The molecule has 0 heterocycles. The first-order valence-electron chi connectivity index (χ1n) is 4.14. The Morgan fingerprint density at radius 3 is 2.42 bits per heavy atom. The van der Waals surface area contributed by atoms with Gasteiger partial charge in [0.15, 0.2) is 0 Å². The maximum Gasteiger partial charge on any atom is 0.0480 e. The Hall–Kier alpha value is -0.530. The van der Waals surface area contributed by atoms with E-state index >= 15 is 0 Å². The molecular weight excluding hydrogens is 172 g/mol. The van der Waals surface area contributed by atoms with Gasteiger partial charge in [-0.05, 0) is 5.56 Å². The van der Waals surface area contributed by atoms with Crippen molar-refractivity contribution in [2.24, 2.45) is 5.92 Å². The van der Waals surface area contributed by atoms with Crippen LogP contribution in [0.15, 0.2) is 30.3 Å². The second-order valence-corrected chi connectivity index (χ2v) is 3.73. The van der Waals surface area contributed by atoms with Gasteiger partial charge in [0.25, 0.3) is 0 Å². The van der Waals surface area contributed by atoms with Crippen molar-refractivity contribution < 1.29 is 5.11 Å². The summed E-state index contributed by atoms with van der Waals surface area (Å²) in [6.07, 6.45) is 0. The van der Waals surface area contributed by atoms with Crippen molar-refractivity contribution in [2.45, 2.75) is 11.3 Å². The lowest BCUT2D eigenvalue weighted by atomic mass is 10.1. The van der Waals surface area contributed by atoms with Gasteiger partial charge in [-0.2, -0.15) is 0 Å². The van der Waals surface area contributed by atoms with E-state index in [1.54, 1.807) is 0 Å². The van der Waals surface area contributed by atoms with Gasteiger partial charge in [0.2, 0.25) is 0 Å². The Balaban J connectivity index is 2.14. The molecule has 1 aliphatic rings. The van der Waals surface area contributed by atoms with Gasteiger partial charge in [-0.3, -0.25) is 0 Å². The van der Waals surface area contributed by atoms with Gasteiger partial charge in [0.05, 0.1) is 0 Å². The fraction of sp³-hybridized carbons (Fsp3) is 0.400. The zero-order chi connectivity index (χ0) is 8.55. The van der Waals surface area contributed by atoms with Crippen LogP contribution in [0.4, 0.5) is 0 Å². The van der Waals surface area contributed by atoms with Gasteiger partial charge in [0.1, 0.15) is 0 Å². The Morgan fingerprint density at radius 1 is 1.25 bits per heavy atom. The largest absolute Gasteiger partial charge is 0.396 e. The van der Waals surface area contributed by atoms with Crippen LogP contribution in [-0.4, -0.2) is 17.1 Å². The summed E-state index contributed by atoms with van der Waals surface area (Å²) >= 11 is 5.99. The van der Waals surface area contributed by atoms with Crippen LogP contribution in [0.3, 0.4) is 0 Å². The van der Waals surface area contributed by atoms with Gasteiger partial charge >= 0.3 is 0 Å². The Kier molecular flexibility index (Phi) is 2.07. The molecular formula is C10H11ClO. The van der Waals surface area contributed by atoms with Crippen LogP contribution < -0.4 is 0 Å². The lowest BCUT2D eigenvalue weighted by Crippen LogP contribution is -1.88. The molecule has 0 unspecified atom stereocenters. The summed E-state index contributed by atoms with van der Waals surface area (Å²) in [5.41, 5.74) is 1.25. The van der Waals surface area contributed by atoms with Crippen molar-refractivity contribution in [1.29, 1.82) is 0 Å². The first-order chi connectivity index (χ1) is 5.84. The molecule has 2 rings (SSSR count). The first kappa shape index (κ1) is 8.09. The number of aliphatic hydroxyl groups is 1. The van der Waals surface area contributed by atoms with Gasteiger partial charge < -0.3 is 5.11 Å². The Labute approximate surface area is 77.0 Å². The van der Waals surface area contributed by atoms with Gasteiger partial charge in [-0.15, -0.1) is 11.6 Å². The van der Waals surface area contributed by atoms with Crippen LogP contribution in [0.5, 0.6) is 0 Å². The molecule has 1 aliphatic carbocycles. The zero-order valence-electron chi connectivity index (χ0n) is 6.65.